The zero-order valence-corrected chi connectivity index (χ0v) is 17.6. The van der Waals surface area contributed by atoms with Crippen LogP contribution in [0.2, 0.25) is 0 Å². The lowest BCUT2D eigenvalue weighted by atomic mass is 10.2. The zero-order chi connectivity index (χ0) is 21.3. The Morgan fingerprint density at radius 3 is 2.60 bits per heavy atom. The van der Waals surface area contributed by atoms with E-state index < -0.39 is 5.91 Å². The molecule has 0 bridgehead atoms. The van der Waals surface area contributed by atoms with Crippen LogP contribution in [0.3, 0.4) is 0 Å². The van der Waals surface area contributed by atoms with E-state index in [1.54, 1.807) is 31.4 Å². The van der Waals surface area contributed by atoms with E-state index in [0.29, 0.717) is 16.1 Å². The SMILES string of the molecule is CCCn1c(=NC(=O)c2cccc(N3C(=O)CCC3=O)c2)sc2cc(OC)ccc21. The molecule has 30 heavy (non-hydrogen) atoms. The van der Waals surface area contributed by atoms with Gasteiger partial charge in [-0.25, -0.2) is 0 Å². The Hall–Kier alpha value is -3.26. The summed E-state index contributed by atoms with van der Waals surface area (Å²) in [6.07, 6.45) is 1.29. The van der Waals surface area contributed by atoms with Gasteiger partial charge in [0.1, 0.15) is 5.75 Å². The maximum absolute atomic E-state index is 12.9. The number of rotatable bonds is 5. The van der Waals surface area contributed by atoms with Crippen LogP contribution in [0.25, 0.3) is 10.2 Å². The van der Waals surface area contributed by atoms with Crippen molar-refractivity contribution in [1.82, 2.24) is 4.57 Å². The smallest absolute Gasteiger partial charge is 0.279 e. The van der Waals surface area contributed by atoms with Crippen LogP contribution in [-0.4, -0.2) is 29.4 Å². The minimum Gasteiger partial charge on any atom is -0.497 e. The molecule has 1 aliphatic rings. The third-order valence-corrected chi connectivity index (χ3v) is 5.98. The zero-order valence-electron chi connectivity index (χ0n) is 16.8. The second-order valence-corrected chi connectivity index (χ2v) is 7.97. The summed E-state index contributed by atoms with van der Waals surface area (Å²) in [6.45, 7) is 2.80. The number of hydrogen-bond acceptors (Lipinski definition) is 5. The number of imide groups is 1. The highest BCUT2D eigenvalue weighted by atomic mass is 32.1. The first-order valence-electron chi connectivity index (χ1n) is 9.74. The van der Waals surface area contributed by atoms with Crippen molar-refractivity contribution in [3.8, 4) is 5.75 Å². The van der Waals surface area contributed by atoms with E-state index in [0.717, 1.165) is 33.8 Å². The topological polar surface area (TPSA) is 81.0 Å². The van der Waals surface area contributed by atoms with Crippen molar-refractivity contribution in [3.05, 3.63) is 52.8 Å². The molecule has 2 heterocycles. The predicted molar refractivity (Wildman–Crippen MR) is 115 cm³/mol. The average Bonchev–Trinajstić information content (AvgIpc) is 3.26. The summed E-state index contributed by atoms with van der Waals surface area (Å²) in [5.41, 5.74) is 1.74. The minimum absolute atomic E-state index is 0.198. The summed E-state index contributed by atoms with van der Waals surface area (Å²) >= 11 is 1.42. The summed E-state index contributed by atoms with van der Waals surface area (Å²) in [4.78, 5) is 43.0. The Labute approximate surface area is 177 Å². The number of ether oxygens (including phenoxy) is 1. The highest BCUT2D eigenvalue weighted by Gasteiger charge is 2.30. The third kappa shape index (κ3) is 3.66. The number of methoxy groups -OCH3 is 1. The lowest BCUT2D eigenvalue weighted by Crippen LogP contribution is -2.28. The number of benzene rings is 2. The van der Waals surface area contributed by atoms with Gasteiger partial charge in [-0.15, -0.1) is 0 Å². The van der Waals surface area contributed by atoms with Gasteiger partial charge in [0, 0.05) is 24.9 Å². The number of nitrogens with zero attached hydrogens (tertiary/aromatic N) is 3. The van der Waals surface area contributed by atoms with E-state index in [-0.39, 0.29) is 24.7 Å². The van der Waals surface area contributed by atoms with Crippen molar-refractivity contribution in [1.29, 1.82) is 0 Å². The molecule has 0 unspecified atom stereocenters. The van der Waals surface area contributed by atoms with Gasteiger partial charge in [-0.1, -0.05) is 24.3 Å². The molecule has 0 radical (unpaired) electrons. The molecule has 2 aromatic carbocycles. The molecule has 3 amide bonds. The number of aromatic nitrogens is 1. The minimum atomic E-state index is -0.417. The van der Waals surface area contributed by atoms with E-state index >= 15 is 0 Å². The molecule has 0 N–H and O–H groups in total. The second kappa shape index (κ2) is 8.23. The van der Waals surface area contributed by atoms with Crippen molar-refractivity contribution < 1.29 is 19.1 Å². The van der Waals surface area contributed by atoms with Crippen LogP contribution < -0.4 is 14.4 Å². The first-order chi connectivity index (χ1) is 14.5. The Morgan fingerprint density at radius 2 is 1.90 bits per heavy atom. The normalized spacial score (nSPS) is 14.7. The largest absolute Gasteiger partial charge is 0.497 e. The number of carbonyl (C=O) groups is 3. The van der Waals surface area contributed by atoms with Gasteiger partial charge in [0.2, 0.25) is 11.8 Å². The number of fused-ring (bicyclic) bond motifs is 1. The molecule has 7 nitrogen and oxygen atoms in total. The summed E-state index contributed by atoms with van der Waals surface area (Å²) in [6, 6.07) is 12.3. The van der Waals surface area contributed by atoms with E-state index in [1.165, 1.54) is 11.3 Å². The van der Waals surface area contributed by atoms with Gasteiger partial charge >= 0.3 is 0 Å². The van der Waals surface area contributed by atoms with Gasteiger partial charge in [0.05, 0.1) is 23.0 Å². The molecule has 1 aromatic heterocycles. The van der Waals surface area contributed by atoms with Crippen molar-refractivity contribution in [2.75, 3.05) is 12.0 Å². The van der Waals surface area contributed by atoms with Crippen molar-refractivity contribution in [2.24, 2.45) is 4.99 Å². The van der Waals surface area contributed by atoms with Crippen LogP contribution in [0.15, 0.2) is 47.5 Å². The first kappa shape index (κ1) is 20.0. The fourth-order valence-electron chi connectivity index (χ4n) is 3.50. The summed E-state index contributed by atoms with van der Waals surface area (Å²) in [5.74, 6) is -0.168. The molecule has 1 aliphatic heterocycles. The standard InChI is InChI=1S/C22H21N3O4S/c1-3-11-24-17-8-7-16(29-2)13-18(17)30-22(24)23-21(28)14-5-4-6-15(12-14)25-19(26)9-10-20(25)27/h4-8,12-13H,3,9-11H2,1-2H3. The molecule has 8 heteroatoms. The van der Waals surface area contributed by atoms with E-state index in [4.69, 9.17) is 4.74 Å². The fraction of sp³-hybridized carbons (Fsp3) is 0.273. The monoisotopic (exact) mass is 423 g/mol. The molecule has 0 aliphatic carbocycles. The summed E-state index contributed by atoms with van der Waals surface area (Å²) < 4.78 is 8.31. The lowest BCUT2D eigenvalue weighted by Gasteiger charge is -2.14. The van der Waals surface area contributed by atoms with Crippen LogP contribution in [0.1, 0.15) is 36.5 Å². The number of hydrogen-bond donors (Lipinski definition) is 0. The molecule has 0 saturated carbocycles. The third-order valence-electron chi connectivity index (χ3n) is 4.94. The molecule has 0 spiro atoms. The van der Waals surface area contributed by atoms with Crippen molar-refractivity contribution in [2.45, 2.75) is 32.7 Å². The highest BCUT2D eigenvalue weighted by molar-refractivity contribution is 7.16. The molecule has 0 atom stereocenters. The molecule has 4 rings (SSSR count). The Balaban J connectivity index is 1.75. The second-order valence-electron chi connectivity index (χ2n) is 6.96. The number of anilines is 1. The van der Waals surface area contributed by atoms with Crippen LogP contribution in [0.5, 0.6) is 5.75 Å². The Morgan fingerprint density at radius 1 is 1.13 bits per heavy atom. The molecule has 1 saturated heterocycles. The van der Waals surface area contributed by atoms with Crippen LogP contribution in [0.4, 0.5) is 5.69 Å². The quantitative estimate of drug-likeness (QED) is 0.588. The van der Waals surface area contributed by atoms with E-state index in [9.17, 15) is 14.4 Å². The maximum atomic E-state index is 12.9. The average molecular weight is 423 g/mol. The molecule has 154 valence electrons. The maximum Gasteiger partial charge on any atom is 0.279 e. The van der Waals surface area contributed by atoms with E-state index in [2.05, 4.69) is 11.9 Å². The number of thiazole rings is 1. The lowest BCUT2D eigenvalue weighted by molar-refractivity contribution is -0.121. The first-order valence-corrected chi connectivity index (χ1v) is 10.6. The molecule has 3 aromatic rings. The van der Waals surface area contributed by atoms with Gasteiger partial charge < -0.3 is 9.30 Å². The number of amides is 3. The van der Waals surface area contributed by atoms with Crippen LogP contribution in [-0.2, 0) is 16.1 Å². The number of carbonyl (C=O) groups excluding carboxylic acids is 3. The predicted octanol–water partition coefficient (Wildman–Crippen LogP) is 3.52. The van der Waals surface area contributed by atoms with Gasteiger partial charge in [0.15, 0.2) is 4.80 Å². The van der Waals surface area contributed by atoms with Gasteiger partial charge in [-0.05, 0) is 42.8 Å². The van der Waals surface area contributed by atoms with Crippen molar-refractivity contribution >= 4 is 45.0 Å². The fourth-order valence-corrected chi connectivity index (χ4v) is 4.58. The molecular weight excluding hydrogens is 402 g/mol. The summed E-state index contributed by atoms with van der Waals surface area (Å²) in [5, 5.41) is 0. The van der Waals surface area contributed by atoms with Gasteiger partial charge in [0.25, 0.3) is 5.91 Å². The van der Waals surface area contributed by atoms with Crippen molar-refractivity contribution in [3.63, 3.8) is 0 Å². The van der Waals surface area contributed by atoms with Crippen LogP contribution >= 0.6 is 11.3 Å². The molecule has 1 fully saturated rings. The van der Waals surface area contributed by atoms with E-state index in [1.807, 2.05) is 22.8 Å². The van der Waals surface area contributed by atoms with Gasteiger partial charge in [-0.3, -0.25) is 19.3 Å². The van der Waals surface area contributed by atoms with Gasteiger partial charge in [-0.2, -0.15) is 4.99 Å². The Bertz CT molecular complexity index is 1210. The van der Waals surface area contributed by atoms with Crippen LogP contribution in [0, 0.1) is 0 Å². The number of aryl methyl sites for hydroxylation is 1. The highest BCUT2D eigenvalue weighted by Crippen LogP contribution is 2.25. The molecular formula is C22H21N3O4S. The Kier molecular flexibility index (Phi) is 5.50. The summed E-state index contributed by atoms with van der Waals surface area (Å²) in [7, 11) is 1.62.